The van der Waals surface area contributed by atoms with Crippen molar-refractivity contribution in [3.63, 3.8) is 0 Å². The largest absolute Gasteiger partial charge is 0.497 e. The molecule has 3 nitrogen and oxygen atoms in total. The van der Waals surface area contributed by atoms with Gasteiger partial charge < -0.3 is 4.74 Å². The van der Waals surface area contributed by atoms with Crippen LogP contribution in [0.25, 0.3) is 10.9 Å². The van der Waals surface area contributed by atoms with E-state index < -0.39 is 0 Å². The van der Waals surface area contributed by atoms with Crippen molar-refractivity contribution in [2.75, 3.05) is 7.11 Å². The van der Waals surface area contributed by atoms with Crippen LogP contribution in [0, 0.1) is 6.92 Å². The first-order chi connectivity index (χ1) is 6.63. The summed E-state index contributed by atoms with van der Waals surface area (Å²) < 4.78 is 7.01. The van der Waals surface area contributed by atoms with Gasteiger partial charge in [0.05, 0.1) is 18.0 Å². The fourth-order valence-electron chi connectivity index (χ4n) is 1.70. The number of aromatic nitrogens is 2. The standard InChI is InChI=1S/C10H11BN2O/c1-6-4-8(11)10(14-3)7-5-13(2)12-9(6)7/h4-5H,1-3H3. The van der Waals surface area contributed by atoms with Crippen molar-refractivity contribution in [1.29, 1.82) is 0 Å². The summed E-state index contributed by atoms with van der Waals surface area (Å²) in [5.41, 5.74) is 2.67. The van der Waals surface area contributed by atoms with Crippen molar-refractivity contribution in [2.24, 2.45) is 7.05 Å². The fourth-order valence-corrected chi connectivity index (χ4v) is 1.70. The number of aryl methyl sites for hydroxylation is 2. The van der Waals surface area contributed by atoms with Crippen molar-refractivity contribution in [3.8, 4) is 5.75 Å². The lowest BCUT2D eigenvalue weighted by Gasteiger charge is -2.07. The van der Waals surface area contributed by atoms with Crippen molar-refractivity contribution in [1.82, 2.24) is 9.78 Å². The number of fused-ring (bicyclic) bond motifs is 1. The predicted molar refractivity (Wildman–Crippen MR) is 57.4 cm³/mol. The van der Waals surface area contributed by atoms with E-state index in [1.807, 2.05) is 26.2 Å². The third kappa shape index (κ3) is 1.18. The van der Waals surface area contributed by atoms with Gasteiger partial charge >= 0.3 is 0 Å². The number of methoxy groups -OCH3 is 1. The molecule has 0 aliphatic carbocycles. The zero-order valence-electron chi connectivity index (χ0n) is 8.53. The van der Waals surface area contributed by atoms with Gasteiger partial charge in [0.15, 0.2) is 0 Å². The molecule has 0 atom stereocenters. The van der Waals surface area contributed by atoms with Crippen LogP contribution >= 0.6 is 0 Å². The Morgan fingerprint density at radius 3 is 2.86 bits per heavy atom. The van der Waals surface area contributed by atoms with E-state index in [4.69, 9.17) is 12.6 Å². The summed E-state index contributed by atoms with van der Waals surface area (Å²) in [7, 11) is 9.35. The minimum absolute atomic E-state index is 0.658. The predicted octanol–water partition coefficient (Wildman–Crippen LogP) is 0.684. The van der Waals surface area contributed by atoms with Gasteiger partial charge in [0, 0.05) is 13.2 Å². The Kier molecular flexibility index (Phi) is 1.99. The third-order valence-electron chi connectivity index (χ3n) is 2.29. The van der Waals surface area contributed by atoms with Gasteiger partial charge in [-0.3, -0.25) is 4.68 Å². The first kappa shape index (κ1) is 9.12. The van der Waals surface area contributed by atoms with Crippen molar-refractivity contribution >= 4 is 24.2 Å². The molecule has 0 amide bonds. The van der Waals surface area contributed by atoms with Crippen LogP contribution in [0.3, 0.4) is 0 Å². The summed E-state index contributed by atoms with van der Waals surface area (Å²) in [6, 6.07) is 1.88. The molecule has 70 valence electrons. The summed E-state index contributed by atoms with van der Waals surface area (Å²) >= 11 is 0. The summed E-state index contributed by atoms with van der Waals surface area (Å²) in [4.78, 5) is 0. The molecule has 2 radical (unpaired) electrons. The van der Waals surface area contributed by atoms with E-state index in [1.54, 1.807) is 11.8 Å². The molecule has 14 heavy (non-hydrogen) atoms. The maximum Gasteiger partial charge on any atom is 0.122 e. The highest BCUT2D eigenvalue weighted by molar-refractivity contribution is 6.36. The Balaban J connectivity index is 2.89. The van der Waals surface area contributed by atoms with Crippen molar-refractivity contribution in [3.05, 3.63) is 17.8 Å². The molecular formula is C10H11BN2O. The average Bonchev–Trinajstić information content (AvgIpc) is 2.48. The molecule has 4 heteroatoms. The molecule has 0 spiro atoms. The topological polar surface area (TPSA) is 27.1 Å². The molecule has 1 aromatic carbocycles. The normalized spacial score (nSPS) is 10.8. The summed E-state index contributed by atoms with van der Waals surface area (Å²) in [6.45, 7) is 1.99. The quantitative estimate of drug-likeness (QED) is 0.612. The van der Waals surface area contributed by atoms with Gasteiger partial charge in [-0.2, -0.15) is 5.10 Å². The highest BCUT2D eigenvalue weighted by Crippen LogP contribution is 2.24. The van der Waals surface area contributed by atoms with E-state index in [-0.39, 0.29) is 0 Å². The van der Waals surface area contributed by atoms with Crippen LogP contribution in [-0.2, 0) is 7.05 Å². The van der Waals surface area contributed by atoms with Crippen LogP contribution in [-0.4, -0.2) is 24.7 Å². The molecule has 0 N–H and O–H groups in total. The maximum absolute atomic E-state index is 5.85. The molecule has 0 aliphatic rings. The summed E-state index contributed by atoms with van der Waals surface area (Å²) in [5, 5.41) is 5.31. The van der Waals surface area contributed by atoms with E-state index in [1.165, 1.54) is 0 Å². The Bertz CT molecular complexity index is 490. The Morgan fingerprint density at radius 1 is 1.50 bits per heavy atom. The van der Waals surface area contributed by atoms with Gasteiger partial charge in [-0.05, 0) is 12.5 Å². The van der Waals surface area contributed by atoms with Gasteiger partial charge in [0.25, 0.3) is 0 Å². The number of hydrogen-bond acceptors (Lipinski definition) is 2. The molecule has 1 heterocycles. The molecule has 1 aromatic heterocycles. The number of rotatable bonds is 1. The van der Waals surface area contributed by atoms with Crippen LogP contribution in [0.15, 0.2) is 12.3 Å². The van der Waals surface area contributed by atoms with E-state index in [2.05, 4.69) is 5.10 Å². The molecule has 0 bridgehead atoms. The van der Waals surface area contributed by atoms with Crippen molar-refractivity contribution < 1.29 is 4.74 Å². The zero-order valence-corrected chi connectivity index (χ0v) is 8.53. The van der Waals surface area contributed by atoms with Gasteiger partial charge in [-0.1, -0.05) is 11.5 Å². The van der Waals surface area contributed by atoms with E-state index >= 15 is 0 Å². The lowest BCUT2D eigenvalue weighted by molar-refractivity contribution is 0.423. The lowest BCUT2D eigenvalue weighted by Crippen LogP contribution is -2.08. The highest BCUT2D eigenvalue weighted by atomic mass is 16.5. The first-order valence-electron chi connectivity index (χ1n) is 4.40. The number of ether oxygens (including phenoxy) is 1. The minimum atomic E-state index is 0.658. The Labute approximate surface area is 84.1 Å². The molecule has 0 saturated heterocycles. The first-order valence-corrected chi connectivity index (χ1v) is 4.40. The molecule has 0 aliphatic heterocycles. The van der Waals surface area contributed by atoms with Crippen LogP contribution in [0.4, 0.5) is 0 Å². The molecule has 0 saturated carbocycles. The van der Waals surface area contributed by atoms with Crippen LogP contribution in [0.2, 0.25) is 0 Å². The fraction of sp³-hybridized carbons (Fsp3) is 0.300. The van der Waals surface area contributed by atoms with Gasteiger partial charge in [-0.25, -0.2) is 0 Å². The molecule has 0 unspecified atom stereocenters. The van der Waals surface area contributed by atoms with E-state index in [9.17, 15) is 0 Å². The van der Waals surface area contributed by atoms with Crippen molar-refractivity contribution in [2.45, 2.75) is 6.92 Å². The SMILES string of the molecule is [B]c1cc(C)c2nn(C)cc2c1OC. The molecular weight excluding hydrogens is 175 g/mol. The molecule has 2 rings (SSSR count). The number of hydrogen-bond donors (Lipinski definition) is 0. The number of nitrogens with zero attached hydrogens (tertiary/aromatic N) is 2. The maximum atomic E-state index is 5.85. The molecule has 2 aromatic rings. The van der Waals surface area contributed by atoms with E-state index in [0.717, 1.165) is 16.5 Å². The van der Waals surface area contributed by atoms with E-state index in [0.29, 0.717) is 11.2 Å². The lowest BCUT2D eigenvalue weighted by atomic mass is 9.91. The highest BCUT2D eigenvalue weighted by Gasteiger charge is 2.10. The average molecular weight is 186 g/mol. The Morgan fingerprint density at radius 2 is 2.21 bits per heavy atom. The van der Waals surface area contributed by atoms with Gasteiger partial charge in [-0.15, -0.1) is 0 Å². The van der Waals surface area contributed by atoms with Gasteiger partial charge in [0.2, 0.25) is 0 Å². The minimum Gasteiger partial charge on any atom is -0.497 e. The second-order valence-corrected chi connectivity index (χ2v) is 3.38. The second-order valence-electron chi connectivity index (χ2n) is 3.38. The smallest absolute Gasteiger partial charge is 0.122 e. The van der Waals surface area contributed by atoms with Crippen LogP contribution < -0.4 is 10.2 Å². The number of benzene rings is 1. The van der Waals surface area contributed by atoms with Crippen LogP contribution in [0.1, 0.15) is 5.56 Å². The molecule has 0 fully saturated rings. The summed E-state index contributed by atoms with van der Waals surface area (Å²) in [6.07, 6.45) is 1.91. The second kappa shape index (κ2) is 3.05. The Hall–Kier alpha value is -1.45. The monoisotopic (exact) mass is 186 g/mol. The third-order valence-corrected chi connectivity index (χ3v) is 2.29. The summed E-state index contributed by atoms with van der Waals surface area (Å²) in [5.74, 6) is 0.707. The van der Waals surface area contributed by atoms with Gasteiger partial charge in [0.1, 0.15) is 13.6 Å². The zero-order chi connectivity index (χ0) is 10.3. The van der Waals surface area contributed by atoms with Crippen LogP contribution in [0.5, 0.6) is 5.75 Å².